The monoisotopic (exact) mass is 140 g/mol. The van der Waals surface area contributed by atoms with Crippen LogP contribution in [0.15, 0.2) is 0 Å². The van der Waals surface area contributed by atoms with Crippen molar-refractivity contribution >= 4 is 0 Å². The van der Waals surface area contributed by atoms with E-state index < -0.39 is 10.8 Å². The van der Waals surface area contributed by atoms with E-state index in [0.29, 0.717) is 0 Å². The van der Waals surface area contributed by atoms with Gasteiger partial charge in [-0.05, 0) is 0 Å². The average Bonchev–Trinajstić information content (AvgIpc) is 0.811. The molecule has 5 heavy (non-hydrogen) atoms. The Balaban J connectivity index is 0. The SMILES string of the molecule is [Fe].[O-][Cl+2]([O-])O. The molecule has 0 amide bonds. The second-order valence-corrected chi connectivity index (χ2v) is 0.603. The molecule has 0 saturated carbocycles. The zero-order valence-electron chi connectivity index (χ0n) is 2.00. The van der Waals surface area contributed by atoms with Gasteiger partial charge in [0.2, 0.25) is 0 Å². The van der Waals surface area contributed by atoms with Gasteiger partial charge in [0, 0.05) is 21.7 Å². The van der Waals surface area contributed by atoms with E-state index in [1.807, 2.05) is 0 Å². The minimum atomic E-state index is -2.60. The Morgan fingerprint density at radius 1 is 1.40 bits per heavy atom. The molecule has 5 heteroatoms. The van der Waals surface area contributed by atoms with E-state index in [9.17, 15) is 0 Å². The van der Waals surface area contributed by atoms with Crippen LogP contribution in [0.5, 0.6) is 0 Å². The molecule has 0 unspecified atom stereocenters. The quantitative estimate of drug-likeness (QED) is 0.366. The summed E-state index contributed by atoms with van der Waals surface area (Å²) in [5, 5.41) is 0. The predicted octanol–water partition coefficient (Wildman–Crippen LogP) is -2.94. The molecule has 0 fully saturated rings. The van der Waals surface area contributed by atoms with Crippen molar-refractivity contribution in [3.63, 3.8) is 0 Å². The van der Waals surface area contributed by atoms with E-state index in [0.717, 1.165) is 0 Å². The molecule has 0 aliphatic rings. The fourth-order valence-corrected chi connectivity index (χ4v) is 0. The van der Waals surface area contributed by atoms with Crippen LogP contribution in [0, 0.1) is 10.8 Å². The first-order valence-corrected chi connectivity index (χ1v) is 1.43. The van der Waals surface area contributed by atoms with Crippen LogP contribution in [0.1, 0.15) is 0 Å². The first kappa shape index (κ1) is 9.19. The van der Waals surface area contributed by atoms with E-state index in [1.54, 1.807) is 0 Å². The van der Waals surface area contributed by atoms with Gasteiger partial charge in [-0.3, -0.25) is 0 Å². The fraction of sp³-hybridized carbons (Fsp3) is 0. The van der Waals surface area contributed by atoms with Crippen LogP contribution in [0.3, 0.4) is 0 Å². The third kappa shape index (κ3) is 71.4. The van der Waals surface area contributed by atoms with E-state index in [4.69, 9.17) is 14.0 Å². The van der Waals surface area contributed by atoms with Crippen molar-refractivity contribution in [2.45, 2.75) is 0 Å². The van der Waals surface area contributed by atoms with Crippen LogP contribution < -0.4 is 9.32 Å². The smallest absolute Gasteiger partial charge is 0.282 e. The molecule has 0 radical (unpaired) electrons. The summed E-state index contributed by atoms with van der Waals surface area (Å²) in [4.78, 5) is 0. The first-order chi connectivity index (χ1) is 1.73. The van der Waals surface area contributed by atoms with Crippen LogP contribution >= 0.6 is 0 Å². The van der Waals surface area contributed by atoms with Crippen molar-refractivity contribution < 1.29 is 41.8 Å². The van der Waals surface area contributed by atoms with Gasteiger partial charge in [0.05, 0.1) is 0 Å². The van der Waals surface area contributed by atoms with Gasteiger partial charge in [-0.25, -0.2) is 0 Å². The van der Waals surface area contributed by atoms with Gasteiger partial charge in [-0.1, -0.05) is 0 Å². The molecule has 0 saturated heterocycles. The molecule has 0 aromatic rings. The van der Waals surface area contributed by atoms with Crippen LogP contribution in [0.25, 0.3) is 0 Å². The second-order valence-electron chi connectivity index (χ2n) is 0.201. The molecule has 0 spiro atoms. The molecule has 34 valence electrons. The average molecular weight is 140 g/mol. The predicted molar refractivity (Wildman–Crippen MR) is 2.22 cm³/mol. The van der Waals surface area contributed by atoms with Crippen LogP contribution in [-0.4, -0.2) is 4.66 Å². The maximum atomic E-state index is 8.52. The third-order valence-electron chi connectivity index (χ3n) is 0. The van der Waals surface area contributed by atoms with Gasteiger partial charge in [-0.15, -0.1) is 0 Å². The molecule has 0 aromatic heterocycles. The summed E-state index contributed by atoms with van der Waals surface area (Å²) in [7, 11) is -2.60. The molecule has 0 aromatic carbocycles. The van der Waals surface area contributed by atoms with Crippen LogP contribution in [0.2, 0.25) is 0 Å². The topological polar surface area (TPSA) is 66.3 Å². The number of hydrogen-bond donors (Lipinski definition) is 1. The Hall–Kier alpha value is 0.689. The molecular formula is HClFeO3. The maximum Gasteiger partial charge on any atom is 0.282 e. The summed E-state index contributed by atoms with van der Waals surface area (Å²) in [6, 6.07) is 0. The van der Waals surface area contributed by atoms with Crippen molar-refractivity contribution in [3.8, 4) is 0 Å². The maximum absolute atomic E-state index is 8.52. The molecular weight excluding hydrogens is 139 g/mol. The van der Waals surface area contributed by atoms with Gasteiger partial charge < -0.3 is 9.32 Å². The zero-order valence-corrected chi connectivity index (χ0v) is 3.86. The minimum Gasteiger partial charge on any atom is -0.321 e. The summed E-state index contributed by atoms with van der Waals surface area (Å²) in [5.41, 5.74) is 0. The van der Waals surface area contributed by atoms with Crippen molar-refractivity contribution in [1.82, 2.24) is 0 Å². The first-order valence-electron chi connectivity index (χ1n) is 0.478. The zero-order chi connectivity index (χ0) is 3.58. The Morgan fingerprint density at radius 2 is 1.40 bits per heavy atom. The molecule has 0 aliphatic carbocycles. The van der Waals surface area contributed by atoms with Gasteiger partial charge in [-0.2, -0.15) is 0 Å². The summed E-state index contributed by atoms with van der Waals surface area (Å²) in [6.45, 7) is 0. The van der Waals surface area contributed by atoms with Crippen molar-refractivity contribution in [2.75, 3.05) is 0 Å². The number of rotatable bonds is 0. The van der Waals surface area contributed by atoms with Crippen molar-refractivity contribution in [2.24, 2.45) is 0 Å². The van der Waals surface area contributed by atoms with Gasteiger partial charge >= 0.3 is 0 Å². The second kappa shape index (κ2) is 4.69. The van der Waals surface area contributed by atoms with E-state index >= 15 is 0 Å². The van der Waals surface area contributed by atoms with E-state index in [-0.39, 0.29) is 17.1 Å². The molecule has 0 atom stereocenters. The fourth-order valence-electron chi connectivity index (χ4n) is 0. The number of hydrogen-bond acceptors (Lipinski definition) is 3. The van der Waals surface area contributed by atoms with Crippen molar-refractivity contribution in [1.29, 1.82) is 0 Å². The van der Waals surface area contributed by atoms with Crippen LogP contribution in [-0.2, 0) is 17.1 Å². The Labute approximate surface area is 42.5 Å². The molecule has 1 N–H and O–H groups in total. The van der Waals surface area contributed by atoms with Gasteiger partial charge in [0.15, 0.2) is 0 Å². The Kier molecular flexibility index (Phi) is 8.62. The standard InChI is InChI=1S/ClHO3.Fe/c2-1(3)4;/h2H;. The summed E-state index contributed by atoms with van der Waals surface area (Å²) < 4.78 is 24.0. The molecule has 3 nitrogen and oxygen atoms in total. The summed E-state index contributed by atoms with van der Waals surface area (Å²) in [5.74, 6) is 0. The van der Waals surface area contributed by atoms with Crippen molar-refractivity contribution in [3.05, 3.63) is 0 Å². The Morgan fingerprint density at radius 3 is 1.40 bits per heavy atom. The molecule has 0 aliphatic heterocycles. The molecule has 0 rings (SSSR count). The van der Waals surface area contributed by atoms with Crippen LogP contribution in [0.4, 0.5) is 0 Å². The largest absolute Gasteiger partial charge is 0.321 e. The summed E-state index contributed by atoms with van der Waals surface area (Å²) >= 11 is 0. The Bertz CT molecular complexity index is 11.6. The minimum absolute atomic E-state index is 0. The third-order valence-corrected chi connectivity index (χ3v) is 0. The number of halogens is 1. The van der Waals surface area contributed by atoms with E-state index in [1.165, 1.54) is 0 Å². The summed E-state index contributed by atoms with van der Waals surface area (Å²) in [6.07, 6.45) is 0. The molecule has 0 heterocycles. The molecule has 0 bridgehead atoms. The normalized spacial score (nSPS) is 7.20. The van der Waals surface area contributed by atoms with Gasteiger partial charge in [0.25, 0.3) is 10.8 Å². The van der Waals surface area contributed by atoms with Gasteiger partial charge in [0.1, 0.15) is 0 Å². The van der Waals surface area contributed by atoms with E-state index in [2.05, 4.69) is 0 Å².